The molecular weight excluding hydrogens is 426 g/mol. The highest BCUT2D eigenvalue weighted by atomic mass is 16.2. The summed E-state index contributed by atoms with van der Waals surface area (Å²) in [6.45, 7) is 7.29. The van der Waals surface area contributed by atoms with Crippen LogP contribution in [0.25, 0.3) is 5.69 Å². The lowest BCUT2D eigenvalue weighted by Gasteiger charge is -2.33. The zero-order valence-corrected chi connectivity index (χ0v) is 20.2. The predicted octanol–water partition coefficient (Wildman–Crippen LogP) is 4.95. The summed E-state index contributed by atoms with van der Waals surface area (Å²) >= 11 is 0. The van der Waals surface area contributed by atoms with Crippen LogP contribution in [0.1, 0.15) is 44.4 Å². The third-order valence-corrected chi connectivity index (χ3v) is 6.42. The monoisotopic (exact) mass is 459 g/mol. The Morgan fingerprint density at radius 2 is 1.65 bits per heavy atom. The van der Waals surface area contributed by atoms with E-state index in [9.17, 15) is 9.59 Å². The SMILES string of the molecule is CCC(=O)Nc1c(C)nn(-c2ccccc2)c1N1CCC(C(=O)Nc2ccc(CC)cc2)CC1. The molecule has 0 aliphatic carbocycles. The van der Waals surface area contributed by atoms with Gasteiger partial charge in [-0.25, -0.2) is 4.68 Å². The molecule has 7 heteroatoms. The van der Waals surface area contributed by atoms with Crippen molar-refractivity contribution < 1.29 is 9.59 Å². The van der Waals surface area contributed by atoms with Crippen LogP contribution < -0.4 is 15.5 Å². The maximum Gasteiger partial charge on any atom is 0.227 e. The molecule has 1 aliphatic heterocycles. The van der Waals surface area contributed by atoms with E-state index in [4.69, 9.17) is 5.10 Å². The maximum atomic E-state index is 12.9. The van der Waals surface area contributed by atoms with Crippen LogP contribution in [0.5, 0.6) is 0 Å². The Morgan fingerprint density at radius 1 is 0.971 bits per heavy atom. The lowest BCUT2D eigenvalue weighted by molar-refractivity contribution is -0.120. The quantitative estimate of drug-likeness (QED) is 0.524. The fourth-order valence-corrected chi connectivity index (χ4v) is 4.35. The van der Waals surface area contributed by atoms with E-state index in [-0.39, 0.29) is 17.7 Å². The number of anilines is 3. The van der Waals surface area contributed by atoms with Gasteiger partial charge in [-0.15, -0.1) is 0 Å². The summed E-state index contributed by atoms with van der Waals surface area (Å²) < 4.78 is 1.90. The molecule has 34 heavy (non-hydrogen) atoms. The number of para-hydroxylation sites is 1. The number of benzene rings is 2. The molecule has 1 fully saturated rings. The maximum absolute atomic E-state index is 12.9. The molecule has 7 nitrogen and oxygen atoms in total. The van der Waals surface area contributed by atoms with Gasteiger partial charge in [-0.1, -0.05) is 44.2 Å². The Hall–Kier alpha value is -3.61. The topological polar surface area (TPSA) is 79.3 Å². The van der Waals surface area contributed by atoms with E-state index >= 15 is 0 Å². The first-order valence-electron chi connectivity index (χ1n) is 12.1. The normalized spacial score (nSPS) is 14.1. The van der Waals surface area contributed by atoms with Gasteiger partial charge < -0.3 is 15.5 Å². The Balaban J connectivity index is 1.51. The summed E-state index contributed by atoms with van der Waals surface area (Å²) in [5.41, 5.74) is 4.55. The number of aryl methyl sites for hydroxylation is 2. The standard InChI is InChI=1S/C27H33N5O2/c1-4-20-11-13-22(14-12-20)28-26(34)21-15-17-31(18-16-21)27-25(29-24(33)5-2)19(3)30-32(27)23-9-7-6-8-10-23/h6-14,21H,4-5,15-18H2,1-3H3,(H,28,34)(H,29,33). The smallest absolute Gasteiger partial charge is 0.227 e. The van der Waals surface area contributed by atoms with E-state index in [0.717, 1.165) is 47.8 Å². The molecule has 0 atom stereocenters. The minimum Gasteiger partial charge on any atom is -0.355 e. The third kappa shape index (κ3) is 5.14. The second-order valence-electron chi connectivity index (χ2n) is 8.73. The van der Waals surface area contributed by atoms with Gasteiger partial charge in [0, 0.05) is 31.1 Å². The van der Waals surface area contributed by atoms with Crippen molar-refractivity contribution in [2.45, 2.75) is 46.5 Å². The van der Waals surface area contributed by atoms with Crippen LogP contribution in [0.15, 0.2) is 54.6 Å². The molecule has 3 aromatic rings. The minimum absolute atomic E-state index is 0.0414. The van der Waals surface area contributed by atoms with E-state index in [0.29, 0.717) is 19.5 Å². The minimum atomic E-state index is -0.0509. The molecule has 1 aromatic heterocycles. The average Bonchev–Trinajstić information content (AvgIpc) is 3.20. The molecule has 0 bridgehead atoms. The van der Waals surface area contributed by atoms with Crippen molar-refractivity contribution in [2.24, 2.45) is 5.92 Å². The van der Waals surface area contributed by atoms with Crippen molar-refractivity contribution in [2.75, 3.05) is 28.6 Å². The summed E-state index contributed by atoms with van der Waals surface area (Å²) in [5, 5.41) is 10.9. The molecule has 1 saturated heterocycles. The number of nitrogens with zero attached hydrogens (tertiary/aromatic N) is 3. The van der Waals surface area contributed by atoms with Crippen LogP contribution in [0.3, 0.4) is 0 Å². The highest BCUT2D eigenvalue weighted by Crippen LogP contribution is 2.35. The lowest BCUT2D eigenvalue weighted by atomic mass is 9.95. The van der Waals surface area contributed by atoms with Crippen molar-refractivity contribution in [3.8, 4) is 5.69 Å². The molecule has 2 heterocycles. The molecule has 2 aromatic carbocycles. The third-order valence-electron chi connectivity index (χ3n) is 6.42. The van der Waals surface area contributed by atoms with Crippen molar-refractivity contribution in [1.82, 2.24) is 9.78 Å². The summed E-state index contributed by atoms with van der Waals surface area (Å²) in [6.07, 6.45) is 2.85. The number of carbonyl (C=O) groups is 2. The molecule has 1 aliphatic rings. The first-order chi connectivity index (χ1) is 16.5. The van der Waals surface area contributed by atoms with Gasteiger partial charge in [0.25, 0.3) is 0 Å². The Bertz CT molecular complexity index is 1130. The number of hydrogen-bond acceptors (Lipinski definition) is 4. The zero-order chi connectivity index (χ0) is 24.1. The van der Waals surface area contributed by atoms with E-state index < -0.39 is 0 Å². The number of amides is 2. The molecule has 0 unspecified atom stereocenters. The second-order valence-corrected chi connectivity index (χ2v) is 8.73. The van der Waals surface area contributed by atoms with Gasteiger partial charge in [-0.05, 0) is 56.0 Å². The van der Waals surface area contributed by atoms with Gasteiger partial charge in [0.15, 0.2) is 5.82 Å². The fourth-order valence-electron chi connectivity index (χ4n) is 4.35. The lowest BCUT2D eigenvalue weighted by Crippen LogP contribution is -2.39. The van der Waals surface area contributed by atoms with Crippen LogP contribution in [0.2, 0.25) is 0 Å². The molecule has 0 spiro atoms. The highest BCUT2D eigenvalue weighted by molar-refractivity contribution is 5.95. The van der Waals surface area contributed by atoms with E-state index in [2.05, 4.69) is 34.6 Å². The molecule has 0 radical (unpaired) electrons. The van der Waals surface area contributed by atoms with Crippen LogP contribution >= 0.6 is 0 Å². The Labute approximate surface area is 201 Å². The van der Waals surface area contributed by atoms with Gasteiger partial charge in [-0.3, -0.25) is 9.59 Å². The van der Waals surface area contributed by atoms with Gasteiger partial charge in [-0.2, -0.15) is 5.10 Å². The van der Waals surface area contributed by atoms with Gasteiger partial charge in [0.1, 0.15) is 5.69 Å². The van der Waals surface area contributed by atoms with Crippen LogP contribution in [0, 0.1) is 12.8 Å². The van der Waals surface area contributed by atoms with E-state index in [1.54, 1.807) is 0 Å². The molecule has 2 N–H and O–H groups in total. The number of aromatic nitrogens is 2. The Morgan fingerprint density at radius 3 is 2.26 bits per heavy atom. The molecular formula is C27H33N5O2. The first-order valence-corrected chi connectivity index (χ1v) is 12.1. The number of carbonyl (C=O) groups excluding carboxylic acids is 2. The first kappa shape index (κ1) is 23.5. The van der Waals surface area contributed by atoms with Gasteiger partial charge >= 0.3 is 0 Å². The number of nitrogens with one attached hydrogen (secondary N) is 2. The molecule has 0 saturated carbocycles. The summed E-state index contributed by atoms with van der Waals surface area (Å²) in [6, 6.07) is 18.0. The molecule has 178 valence electrons. The summed E-state index contributed by atoms with van der Waals surface area (Å²) in [4.78, 5) is 27.4. The predicted molar refractivity (Wildman–Crippen MR) is 137 cm³/mol. The number of piperidine rings is 1. The van der Waals surface area contributed by atoms with E-state index in [1.165, 1.54) is 5.56 Å². The van der Waals surface area contributed by atoms with E-state index in [1.807, 2.05) is 61.0 Å². The van der Waals surface area contributed by atoms with Crippen molar-refractivity contribution >= 4 is 29.0 Å². The van der Waals surface area contributed by atoms with Crippen molar-refractivity contribution in [1.29, 1.82) is 0 Å². The molecule has 4 rings (SSSR count). The van der Waals surface area contributed by atoms with Crippen LogP contribution in [0.4, 0.5) is 17.2 Å². The number of rotatable bonds is 7. The number of hydrogen-bond donors (Lipinski definition) is 2. The second kappa shape index (κ2) is 10.5. The van der Waals surface area contributed by atoms with Crippen molar-refractivity contribution in [3.63, 3.8) is 0 Å². The van der Waals surface area contributed by atoms with Gasteiger partial charge in [0.05, 0.1) is 11.4 Å². The van der Waals surface area contributed by atoms with Crippen LogP contribution in [-0.2, 0) is 16.0 Å². The average molecular weight is 460 g/mol. The summed E-state index contributed by atoms with van der Waals surface area (Å²) in [5.74, 6) is 0.848. The molecule has 2 amide bonds. The fraction of sp³-hybridized carbons (Fsp3) is 0.370. The Kier molecular flexibility index (Phi) is 7.30. The largest absolute Gasteiger partial charge is 0.355 e. The van der Waals surface area contributed by atoms with Gasteiger partial charge in [0.2, 0.25) is 11.8 Å². The van der Waals surface area contributed by atoms with Crippen LogP contribution in [-0.4, -0.2) is 34.7 Å². The zero-order valence-electron chi connectivity index (χ0n) is 20.2. The van der Waals surface area contributed by atoms with Crippen molar-refractivity contribution in [3.05, 3.63) is 65.9 Å². The summed E-state index contributed by atoms with van der Waals surface area (Å²) in [7, 11) is 0. The highest BCUT2D eigenvalue weighted by Gasteiger charge is 2.30.